The molecule has 0 radical (unpaired) electrons. The van der Waals surface area contributed by atoms with Crippen molar-refractivity contribution < 1.29 is 9.53 Å². The summed E-state index contributed by atoms with van der Waals surface area (Å²) >= 11 is 6.18. The molecule has 2 heterocycles. The molecule has 0 spiro atoms. The van der Waals surface area contributed by atoms with E-state index >= 15 is 0 Å². The number of anilines is 1. The minimum absolute atomic E-state index is 0.000573. The van der Waals surface area contributed by atoms with Gasteiger partial charge >= 0.3 is 0 Å². The zero-order chi connectivity index (χ0) is 16.9. The molecule has 3 rings (SSSR count). The smallest absolute Gasteiger partial charge is 0.254 e. The highest BCUT2D eigenvalue weighted by atomic mass is 35.5. The molecule has 24 heavy (non-hydrogen) atoms. The first kappa shape index (κ1) is 16.6. The molecule has 0 unspecified atom stereocenters. The third kappa shape index (κ3) is 3.62. The minimum Gasteiger partial charge on any atom is -0.492 e. The Morgan fingerprint density at radius 2 is 2.00 bits per heavy atom. The fraction of sp³-hybridized carbons (Fsp3) is 0.333. The lowest BCUT2D eigenvalue weighted by atomic mass is 10.1. The van der Waals surface area contributed by atoms with Gasteiger partial charge in [0, 0.05) is 37.9 Å². The molecule has 126 valence electrons. The van der Waals surface area contributed by atoms with Crippen LogP contribution in [-0.2, 0) is 0 Å². The number of piperazine rings is 1. The van der Waals surface area contributed by atoms with E-state index in [-0.39, 0.29) is 5.91 Å². The number of rotatable bonds is 4. The Kier molecular flexibility index (Phi) is 5.20. The molecule has 1 aliphatic heterocycles. The summed E-state index contributed by atoms with van der Waals surface area (Å²) in [6, 6.07) is 11.1. The zero-order valence-corrected chi connectivity index (χ0v) is 14.4. The normalized spacial score (nSPS) is 14.6. The van der Waals surface area contributed by atoms with E-state index in [0.717, 1.165) is 18.9 Å². The summed E-state index contributed by atoms with van der Waals surface area (Å²) in [7, 11) is 0. The fourth-order valence-corrected chi connectivity index (χ4v) is 3.00. The molecule has 0 saturated carbocycles. The van der Waals surface area contributed by atoms with Gasteiger partial charge in [0.15, 0.2) is 0 Å². The van der Waals surface area contributed by atoms with E-state index in [2.05, 4.69) is 9.88 Å². The molecule has 2 aromatic rings. The van der Waals surface area contributed by atoms with Gasteiger partial charge in [-0.1, -0.05) is 17.7 Å². The molecule has 1 saturated heterocycles. The Hall–Kier alpha value is -2.27. The molecule has 0 atom stereocenters. The van der Waals surface area contributed by atoms with Crippen LogP contribution in [0.25, 0.3) is 0 Å². The number of benzene rings is 1. The van der Waals surface area contributed by atoms with Crippen LogP contribution in [0.3, 0.4) is 0 Å². The number of amides is 1. The second kappa shape index (κ2) is 7.53. The van der Waals surface area contributed by atoms with Crippen LogP contribution in [0.2, 0.25) is 5.02 Å². The SMILES string of the molecule is CCOc1ccc(C(=O)N2CCN(c3ccccn3)CC2)cc1Cl. The molecule has 1 fully saturated rings. The molecular weight excluding hydrogens is 326 g/mol. The molecular formula is C18H20ClN3O2. The number of pyridine rings is 1. The van der Waals surface area contributed by atoms with Crippen molar-refractivity contribution in [3.05, 3.63) is 53.2 Å². The summed E-state index contributed by atoms with van der Waals surface area (Å²) in [5.41, 5.74) is 0.592. The van der Waals surface area contributed by atoms with Gasteiger partial charge < -0.3 is 14.5 Å². The second-order valence-electron chi connectivity index (χ2n) is 5.55. The van der Waals surface area contributed by atoms with Crippen LogP contribution in [0.15, 0.2) is 42.6 Å². The Balaban J connectivity index is 1.64. The van der Waals surface area contributed by atoms with Crippen LogP contribution < -0.4 is 9.64 Å². The standard InChI is InChI=1S/C18H20ClN3O2/c1-2-24-16-7-6-14(13-15(16)19)18(23)22-11-9-21(10-12-22)17-5-3-4-8-20-17/h3-8,13H,2,9-12H2,1H3. The van der Waals surface area contributed by atoms with Crippen LogP contribution >= 0.6 is 11.6 Å². The van der Waals surface area contributed by atoms with E-state index in [1.165, 1.54) is 0 Å². The van der Waals surface area contributed by atoms with Crippen molar-refractivity contribution in [1.29, 1.82) is 0 Å². The van der Waals surface area contributed by atoms with Gasteiger partial charge in [0.25, 0.3) is 5.91 Å². The Morgan fingerprint density at radius 3 is 2.62 bits per heavy atom. The van der Waals surface area contributed by atoms with Gasteiger partial charge in [0.1, 0.15) is 11.6 Å². The maximum absolute atomic E-state index is 12.7. The van der Waals surface area contributed by atoms with Crippen molar-refractivity contribution in [1.82, 2.24) is 9.88 Å². The fourth-order valence-electron chi connectivity index (χ4n) is 2.77. The van der Waals surface area contributed by atoms with E-state index in [4.69, 9.17) is 16.3 Å². The Morgan fingerprint density at radius 1 is 1.21 bits per heavy atom. The summed E-state index contributed by atoms with van der Waals surface area (Å²) in [5.74, 6) is 1.56. The lowest BCUT2D eigenvalue weighted by Gasteiger charge is -2.35. The van der Waals surface area contributed by atoms with E-state index < -0.39 is 0 Å². The second-order valence-corrected chi connectivity index (χ2v) is 5.95. The average molecular weight is 346 g/mol. The zero-order valence-electron chi connectivity index (χ0n) is 13.6. The molecule has 1 aromatic carbocycles. The number of ether oxygens (including phenoxy) is 1. The predicted molar refractivity (Wildman–Crippen MR) is 95.0 cm³/mol. The van der Waals surface area contributed by atoms with E-state index in [0.29, 0.717) is 36.0 Å². The predicted octanol–water partition coefficient (Wildman–Crippen LogP) is 3.10. The highest BCUT2D eigenvalue weighted by Crippen LogP contribution is 2.26. The number of hydrogen-bond acceptors (Lipinski definition) is 4. The van der Waals surface area contributed by atoms with Crippen molar-refractivity contribution in [2.24, 2.45) is 0 Å². The molecule has 0 aliphatic carbocycles. The first-order chi connectivity index (χ1) is 11.7. The van der Waals surface area contributed by atoms with E-state index in [9.17, 15) is 4.79 Å². The third-order valence-electron chi connectivity index (χ3n) is 4.02. The van der Waals surface area contributed by atoms with Crippen LogP contribution in [0.4, 0.5) is 5.82 Å². The number of hydrogen-bond donors (Lipinski definition) is 0. The lowest BCUT2D eigenvalue weighted by molar-refractivity contribution is 0.0746. The maximum atomic E-state index is 12.7. The van der Waals surface area contributed by atoms with Crippen molar-refractivity contribution in [2.45, 2.75) is 6.92 Å². The molecule has 1 aromatic heterocycles. The number of carbonyl (C=O) groups excluding carboxylic acids is 1. The molecule has 0 N–H and O–H groups in total. The summed E-state index contributed by atoms with van der Waals surface area (Å²) in [4.78, 5) is 21.1. The van der Waals surface area contributed by atoms with Gasteiger partial charge in [0.05, 0.1) is 11.6 Å². The number of carbonyl (C=O) groups is 1. The Bertz CT molecular complexity index is 701. The van der Waals surface area contributed by atoms with E-state index in [1.807, 2.05) is 30.0 Å². The molecule has 1 aliphatic rings. The first-order valence-corrected chi connectivity index (χ1v) is 8.44. The van der Waals surface area contributed by atoms with Gasteiger partial charge in [0.2, 0.25) is 0 Å². The van der Waals surface area contributed by atoms with Gasteiger partial charge in [-0.05, 0) is 37.3 Å². The molecule has 0 bridgehead atoms. The molecule has 6 heteroatoms. The van der Waals surface area contributed by atoms with Crippen LogP contribution in [0.1, 0.15) is 17.3 Å². The Labute approximate surface area is 146 Å². The van der Waals surface area contributed by atoms with Crippen LogP contribution in [0.5, 0.6) is 5.75 Å². The summed E-state index contributed by atoms with van der Waals surface area (Å²) in [6.07, 6.45) is 1.79. The van der Waals surface area contributed by atoms with Crippen LogP contribution in [0, 0.1) is 0 Å². The molecule has 5 nitrogen and oxygen atoms in total. The van der Waals surface area contributed by atoms with Crippen LogP contribution in [-0.4, -0.2) is 48.6 Å². The number of halogens is 1. The summed E-state index contributed by atoms with van der Waals surface area (Å²) < 4.78 is 5.41. The van der Waals surface area contributed by atoms with Crippen molar-refractivity contribution >= 4 is 23.3 Å². The quantitative estimate of drug-likeness (QED) is 0.854. The van der Waals surface area contributed by atoms with E-state index in [1.54, 1.807) is 24.4 Å². The number of nitrogens with zero attached hydrogens (tertiary/aromatic N) is 3. The van der Waals surface area contributed by atoms with Gasteiger partial charge in [-0.3, -0.25) is 4.79 Å². The topological polar surface area (TPSA) is 45.7 Å². The lowest BCUT2D eigenvalue weighted by Crippen LogP contribution is -2.49. The maximum Gasteiger partial charge on any atom is 0.254 e. The highest BCUT2D eigenvalue weighted by Gasteiger charge is 2.23. The highest BCUT2D eigenvalue weighted by molar-refractivity contribution is 6.32. The van der Waals surface area contributed by atoms with Gasteiger partial charge in [-0.2, -0.15) is 0 Å². The third-order valence-corrected chi connectivity index (χ3v) is 4.31. The van der Waals surface area contributed by atoms with Crippen molar-refractivity contribution in [2.75, 3.05) is 37.7 Å². The first-order valence-electron chi connectivity index (χ1n) is 8.06. The van der Waals surface area contributed by atoms with Crippen molar-refractivity contribution in [3.8, 4) is 5.75 Å². The number of aromatic nitrogens is 1. The van der Waals surface area contributed by atoms with Gasteiger partial charge in [-0.15, -0.1) is 0 Å². The largest absolute Gasteiger partial charge is 0.492 e. The van der Waals surface area contributed by atoms with Gasteiger partial charge in [-0.25, -0.2) is 4.98 Å². The molecule has 1 amide bonds. The summed E-state index contributed by atoms with van der Waals surface area (Å²) in [5, 5.41) is 0.467. The summed E-state index contributed by atoms with van der Waals surface area (Å²) in [6.45, 7) is 5.32. The average Bonchev–Trinajstić information content (AvgIpc) is 2.64. The monoisotopic (exact) mass is 345 g/mol. The minimum atomic E-state index is 0.000573. The van der Waals surface area contributed by atoms with Crippen molar-refractivity contribution in [3.63, 3.8) is 0 Å².